The third-order valence-electron chi connectivity index (χ3n) is 2.58. The first kappa shape index (κ1) is 11.1. The normalized spacial score (nSPS) is 20.9. The van der Waals surface area contributed by atoms with Crippen LogP contribution in [0.5, 0.6) is 5.88 Å². The van der Waals surface area contributed by atoms with Gasteiger partial charge in [-0.3, -0.25) is 0 Å². The van der Waals surface area contributed by atoms with Crippen molar-refractivity contribution in [3.8, 4) is 5.88 Å². The van der Waals surface area contributed by atoms with Gasteiger partial charge in [-0.1, -0.05) is 0 Å². The number of anilines is 1. The van der Waals surface area contributed by atoms with Crippen LogP contribution in [0.1, 0.15) is 13.8 Å². The summed E-state index contributed by atoms with van der Waals surface area (Å²) < 4.78 is 10.8. The molecule has 0 bridgehead atoms. The van der Waals surface area contributed by atoms with E-state index in [1.54, 1.807) is 6.33 Å². The van der Waals surface area contributed by atoms with Gasteiger partial charge < -0.3 is 14.4 Å². The fraction of sp³-hybridized carbons (Fsp3) is 0.636. The molecule has 0 aliphatic carbocycles. The van der Waals surface area contributed by atoms with Crippen LogP contribution < -0.4 is 9.64 Å². The van der Waals surface area contributed by atoms with Crippen molar-refractivity contribution in [1.82, 2.24) is 9.97 Å². The molecule has 5 heteroatoms. The molecule has 0 N–H and O–H groups in total. The molecular formula is C11H17N3O2. The number of nitrogens with zero attached hydrogens (tertiary/aromatic N) is 3. The number of hydrogen-bond donors (Lipinski definition) is 0. The Balaban J connectivity index is 2.15. The average Bonchev–Trinajstić information content (AvgIpc) is 2.30. The minimum Gasteiger partial charge on any atom is -0.478 e. The first-order valence-electron chi connectivity index (χ1n) is 5.60. The molecule has 1 unspecified atom stereocenters. The van der Waals surface area contributed by atoms with E-state index in [1.165, 1.54) is 0 Å². The fourth-order valence-electron chi connectivity index (χ4n) is 1.78. The summed E-state index contributed by atoms with van der Waals surface area (Å²) in [6.45, 7) is 7.05. The van der Waals surface area contributed by atoms with Crippen LogP contribution in [0.25, 0.3) is 0 Å². The van der Waals surface area contributed by atoms with E-state index >= 15 is 0 Å². The van der Waals surface area contributed by atoms with Gasteiger partial charge in [-0.15, -0.1) is 0 Å². The molecule has 1 fully saturated rings. The summed E-state index contributed by atoms with van der Waals surface area (Å²) in [7, 11) is 0. The molecule has 1 aromatic rings. The lowest BCUT2D eigenvalue weighted by atomic mass is 10.2. The van der Waals surface area contributed by atoms with Gasteiger partial charge >= 0.3 is 0 Å². The number of aromatic nitrogens is 2. The van der Waals surface area contributed by atoms with E-state index in [-0.39, 0.29) is 0 Å². The zero-order valence-electron chi connectivity index (χ0n) is 9.72. The second kappa shape index (κ2) is 5.12. The second-order valence-electron chi connectivity index (χ2n) is 3.76. The zero-order chi connectivity index (χ0) is 11.4. The van der Waals surface area contributed by atoms with Gasteiger partial charge in [0.25, 0.3) is 0 Å². The second-order valence-corrected chi connectivity index (χ2v) is 3.76. The van der Waals surface area contributed by atoms with Gasteiger partial charge in [0, 0.05) is 12.6 Å². The Morgan fingerprint density at radius 1 is 1.56 bits per heavy atom. The van der Waals surface area contributed by atoms with E-state index in [2.05, 4.69) is 21.8 Å². The number of hydrogen-bond acceptors (Lipinski definition) is 5. The molecule has 5 nitrogen and oxygen atoms in total. The molecule has 0 amide bonds. The van der Waals surface area contributed by atoms with Gasteiger partial charge in [-0.2, -0.15) is 0 Å². The summed E-state index contributed by atoms with van der Waals surface area (Å²) in [5.74, 6) is 1.54. The van der Waals surface area contributed by atoms with E-state index in [0.717, 1.165) is 25.6 Å². The standard InChI is InChI=1S/C11H17N3O2/c1-3-16-11-6-10(12-8-13-11)14-4-5-15-7-9(14)2/h6,8-9H,3-5,7H2,1-2H3. The maximum absolute atomic E-state index is 5.39. The Kier molecular flexibility index (Phi) is 3.56. The minimum atomic E-state index is 0.345. The maximum Gasteiger partial charge on any atom is 0.218 e. The molecule has 16 heavy (non-hydrogen) atoms. The Morgan fingerprint density at radius 2 is 2.44 bits per heavy atom. The Morgan fingerprint density at radius 3 is 3.19 bits per heavy atom. The SMILES string of the molecule is CCOc1cc(N2CCOCC2C)ncn1. The van der Waals surface area contributed by atoms with E-state index in [9.17, 15) is 0 Å². The topological polar surface area (TPSA) is 47.5 Å². The maximum atomic E-state index is 5.39. The van der Waals surface area contributed by atoms with Crippen LogP contribution in [0.4, 0.5) is 5.82 Å². The first-order valence-corrected chi connectivity index (χ1v) is 5.60. The van der Waals surface area contributed by atoms with Crippen molar-refractivity contribution in [3.05, 3.63) is 12.4 Å². The first-order chi connectivity index (χ1) is 7.81. The highest BCUT2D eigenvalue weighted by atomic mass is 16.5. The lowest BCUT2D eigenvalue weighted by Crippen LogP contribution is -2.44. The van der Waals surface area contributed by atoms with Gasteiger partial charge in [0.15, 0.2) is 0 Å². The third-order valence-corrected chi connectivity index (χ3v) is 2.58. The van der Waals surface area contributed by atoms with Gasteiger partial charge in [0.1, 0.15) is 12.1 Å². The van der Waals surface area contributed by atoms with Crippen LogP contribution in [0.3, 0.4) is 0 Å². The van der Waals surface area contributed by atoms with Crippen LogP contribution in [0.15, 0.2) is 12.4 Å². The van der Waals surface area contributed by atoms with Crippen molar-refractivity contribution in [2.45, 2.75) is 19.9 Å². The Labute approximate surface area is 95.4 Å². The van der Waals surface area contributed by atoms with E-state index in [0.29, 0.717) is 18.5 Å². The molecule has 0 spiro atoms. The zero-order valence-corrected chi connectivity index (χ0v) is 9.72. The van der Waals surface area contributed by atoms with Crippen molar-refractivity contribution in [2.24, 2.45) is 0 Å². The van der Waals surface area contributed by atoms with Crippen molar-refractivity contribution in [3.63, 3.8) is 0 Å². The lowest BCUT2D eigenvalue weighted by Gasteiger charge is -2.34. The molecule has 2 rings (SSSR count). The summed E-state index contributed by atoms with van der Waals surface area (Å²) in [5.41, 5.74) is 0. The molecule has 1 saturated heterocycles. The van der Waals surface area contributed by atoms with Gasteiger partial charge in [0.05, 0.1) is 25.9 Å². The quantitative estimate of drug-likeness (QED) is 0.768. The molecule has 2 heterocycles. The van der Waals surface area contributed by atoms with E-state index in [1.807, 2.05) is 13.0 Å². The van der Waals surface area contributed by atoms with Crippen LogP contribution in [0, 0.1) is 0 Å². The highest BCUT2D eigenvalue weighted by Gasteiger charge is 2.20. The third kappa shape index (κ3) is 2.41. The monoisotopic (exact) mass is 223 g/mol. The number of ether oxygens (including phenoxy) is 2. The van der Waals surface area contributed by atoms with Gasteiger partial charge in [0.2, 0.25) is 5.88 Å². The predicted molar refractivity (Wildman–Crippen MR) is 60.8 cm³/mol. The molecule has 88 valence electrons. The van der Waals surface area contributed by atoms with Gasteiger partial charge in [-0.25, -0.2) is 9.97 Å². The molecular weight excluding hydrogens is 206 g/mol. The van der Waals surface area contributed by atoms with Crippen molar-refractivity contribution in [2.75, 3.05) is 31.3 Å². The predicted octanol–water partition coefficient (Wildman–Crippen LogP) is 1.10. The summed E-state index contributed by atoms with van der Waals surface area (Å²) in [4.78, 5) is 10.5. The summed E-state index contributed by atoms with van der Waals surface area (Å²) in [6, 6.07) is 2.23. The highest BCUT2D eigenvalue weighted by molar-refractivity contribution is 5.42. The summed E-state index contributed by atoms with van der Waals surface area (Å²) in [6.07, 6.45) is 1.54. The summed E-state index contributed by atoms with van der Waals surface area (Å²) in [5, 5.41) is 0. The van der Waals surface area contributed by atoms with Crippen molar-refractivity contribution < 1.29 is 9.47 Å². The van der Waals surface area contributed by atoms with Crippen molar-refractivity contribution >= 4 is 5.82 Å². The van der Waals surface area contributed by atoms with Gasteiger partial charge in [-0.05, 0) is 13.8 Å². The highest BCUT2D eigenvalue weighted by Crippen LogP contribution is 2.19. The van der Waals surface area contributed by atoms with Crippen LogP contribution in [-0.4, -0.2) is 42.4 Å². The fourth-order valence-corrected chi connectivity index (χ4v) is 1.78. The molecule has 0 aromatic carbocycles. The van der Waals surface area contributed by atoms with Crippen molar-refractivity contribution in [1.29, 1.82) is 0 Å². The Bertz CT molecular complexity index is 346. The van der Waals surface area contributed by atoms with Crippen LogP contribution in [0.2, 0.25) is 0 Å². The van der Waals surface area contributed by atoms with Crippen LogP contribution in [-0.2, 0) is 4.74 Å². The molecule has 1 aliphatic rings. The minimum absolute atomic E-state index is 0.345. The number of morpholine rings is 1. The Hall–Kier alpha value is -1.36. The lowest BCUT2D eigenvalue weighted by molar-refractivity contribution is 0.0985. The smallest absolute Gasteiger partial charge is 0.218 e. The molecule has 1 atom stereocenters. The molecule has 1 aromatic heterocycles. The largest absolute Gasteiger partial charge is 0.478 e. The molecule has 1 aliphatic heterocycles. The average molecular weight is 223 g/mol. The van der Waals surface area contributed by atoms with E-state index in [4.69, 9.17) is 9.47 Å². The molecule has 0 saturated carbocycles. The van der Waals surface area contributed by atoms with Crippen LogP contribution >= 0.6 is 0 Å². The number of rotatable bonds is 3. The summed E-state index contributed by atoms with van der Waals surface area (Å²) >= 11 is 0. The molecule has 0 radical (unpaired) electrons. The van der Waals surface area contributed by atoms with E-state index < -0.39 is 0 Å².